The van der Waals surface area contributed by atoms with Gasteiger partial charge in [-0.1, -0.05) is 0 Å². The van der Waals surface area contributed by atoms with Crippen LogP contribution in [-0.2, 0) is 4.74 Å². The Morgan fingerprint density at radius 1 is 1.00 bits per heavy atom. The van der Waals surface area contributed by atoms with Gasteiger partial charge in [-0.2, -0.15) is 0 Å². The molecular weight excluding hydrogens is 206 g/mol. The van der Waals surface area contributed by atoms with Crippen molar-refractivity contribution in [2.75, 3.05) is 19.7 Å². The number of nitrogens with one attached hydrogen (secondary N) is 1. The second-order valence-electron chi connectivity index (χ2n) is 3.46. The third-order valence-corrected chi connectivity index (χ3v) is 2.32. The van der Waals surface area contributed by atoms with Gasteiger partial charge in [0.25, 0.3) is 0 Å². The second kappa shape index (κ2) is 5.71. The Morgan fingerprint density at radius 3 is 2.27 bits per heavy atom. The van der Waals surface area contributed by atoms with Crippen LogP contribution in [-0.4, -0.2) is 75.9 Å². The molecule has 1 heterocycles. The van der Waals surface area contributed by atoms with Crippen LogP contribution in [0.5, 0.6) is 0 Å². The van der Waals surface area contributed by atoms with Crippen molar-refractivity contribution in [3.63, 3.8) is 0 Å². The zero-order valence-electron chi connectivity index (χ0n) is 8.15. The normalized spacial score (nSPS) is 41.8. The van der Waals surface area contributed by atoms with Gasteiger partial charge in [-0.15, -0.1) is 0 Å². The predicted molar refractivity (Wildman–Crippen MR) is 48.9 cm³/mol. The Morgan fingerprint density at radius 2 is 1.67 bits per heavy atom. The Hall–Kier alpha value is -0.280. The SMILES string of the molecule is OCCNC[C@H]1O[C@H](O)[C@H](O)[C@@H](O)[C@@H]1O. The van der Waals surface area contributed by atoms with Crippen LogP contribution in [0.15, 0.2) is 0 Å². The molecule has 1 aliphatic heterocycles. The summed E-state index contributed by atoms with van der Waals surface area (Å²) in [6.45, 7) is 0.431. The fourth-order valence-corrected chi connectivity index (χ4v) is 1.42. The summed E-state index contributed by atoms with van der Waals surface area (Å²) in [5.74, 6) is 0. The molecule has 0 aromatic carbocycles. The minimum atomic E-state index is -1.51. The fourth-order valence-electron chi connectivity index (χ4n) is 1.42. The smallest absolute Gasteiger partial charge is 0.184 e. The molecule has 0 aromatic rings. The first-order valence-electron chi connectivity index (χ1n) is 4.77. The minimum absolute atomic E-state index is 0.0590. The van der Waals surface area contributed by atoms with Gasteiger partial charge in [0.2, 0.25) is 0 Å². The van der Waals surface area contributed by atoms with E-state index in [1.807, 2.05) is 0 Å². The molecule has 1 aliphatic rings. The molecule has 1 saturated heterocycles. The lowest BCUT2D eigenvalue weighted by Crippen LogP contribution is -2.59. The molecule has 0 aromatic heterocycles. The molecule has 0 saturated carbocycles. The van der Waals surface area contributed by atoms with Gasteiger partial charge in [0.15, 0.2) is 6.29 Å². The van der Waals surface area contributed by atoms with Gasteiger partial charge in [-0.05, 0) is 0 Å². The van der Waals surface area contributed by atoms with Crippen LogP contribution in [0.4, 0.5) is 0 Å². The molecule has 0 bridgehead atoms. The molecule has 0 amide bonds. The van der Waals surface area contributed by atoms with Crippen LogP contribution in [0.1, 0.15) is 0 Å². The van der Waals surface area contributed by atoms with E-state index >= 15 is 0 Å². The minimum Gasteiger partial charge on any atom is -0.395 e. The van der Waals surface area contributed by atoms with E-state index < -0.39 is 30.7 Å². The first-order valence-corrected chi connectivity index (χ1v) is 4.77. The van der Waals surface area contributed by atoms with E-state index in [0.29, 0.717) is 6.54 Å². The van der Waals surface area contributed by atoms with Crippen molar-refractivity contribution in [2.45, 2.75) is 30.7 Å². The van der Waals surface area contributed by atoms with Crippen LogP contribution in [0.2, 0.25) is 0 Å². The van der Waals surface area contributed by atoms with Crippen molar-refractivity contribution in [1.82, 2.24) is 5.32 Å². The number of rotatable bonds is 4. The summed E-state index contributed by atoms with van der Waals surface area (Å²) in [5.41, 5.74) is 0. The maximum atomic E-state index is 9.48. The number of aliphatic hydroxyl groups excluding tert-OH is 5. The molecule has 0 aliphatic carbocycles. The van der Waals surface area contributed by atoms with Crippen LogP contribution in [0.3, 0.4) is 0 Å². The summed E-state index contributed by atoms with van der Waals surface area (Å²) in [4.78, 5) is 0. The van der Waals surface area contributed by atoms with Crippen molar-refractivity contribution in [3.05, 3.63) is 0 Å². The van der Waals surface area contributed by atoms with Gasteiger partial charge in [-0.25, -0.2) is 0 Å². The Bertz CT molecular complexity index is 192. The predicted octanol–water partition coefficient (Wildman–Crippen LogP) is -3.63. The van der Waals surface area contributed by atoms with Crippen molar-refractivity contribution in [2.24, 2.45) is 0 Å². The average Bonchev–Trinajstić information content (AvgIpc) is 2.23. The van der Waals surface area contributed by atoms with Gasteiger partial charge in [-0.3, -0.25) is 0 Å². The largest absolute Gasteiger partial charge is 0.395 e. The van der Waals surface area contributed by atoms with E-state index in [-0.39, 0.29) is 13.2 Å². The molecule has 90 valence electrons. The molecular formula is C8H17NO6. The van der Waals surface area contributed by atoms with Crippen molar-refractivity contribution < 1.29 is 30.3 Å². The lowest BCUT2D eigenvalue weighted by molar-refractivity contribution is -0.280. The second-order valence-corrected chi connectivity index (χ2v) is 3.46. The van der Waals surface area contributed by atoms with E-state index in [1.165, 1.54) is 0 Å². The van der Waals surface area contributed by atoms with Gasteiger partial charge in [0, 0.05) is 13.1 Å². The molecule has 6 N–H and O–H groups in total. The maximum Gasteiger partial charge on any atom is 0.184 e. The number of ether oxygens (including phenoxy) is 1. The standard InChI is InChI=1S/C8H17NO6/c10-2-1-9-3-4-5(11)6(12)7(13)8(14)15-4/h4-14H,1-3H2/t4-,5-,6+,7-,8+/m1/s1. The Labute approximate surface area is 86.9 Å². The quantitative estimate of drug-likeness (QED) is 0.272. The van der Waals surface area contributed by atoms with E-state index in [2.05, 4.69) is 5.32 Å². The number of aliphatic hydroxyl groups is 5. The summed E-state index contributed by atoms with van der Waals surface area (Å²) in [7, 11) is 0. The van der Waals surface area contributed by atoms with Crippen molar-refractivity contribution in [3.8, 4) is 0 Å². The zero-order valence-corrected chi connectivity index (χ0v) is 8.15. The van der Waals surface area contributed by atoms with Crippen molar-refractivity contribution >= 4 is 0 Å². The highest BCUT2D eigenvalue weighted by Crippen LogP contribution is 2.19. The summed E-state index contributed by atoms with van der Waals surface area (Å²) >= 11 is 0. The lowest BCUT2D eigenvalue weighted by atomic mass is 9.99. The van der Waals surface area contributed by atoms with E-state index in [0.717, 1.165) is 0 Å². The van der Waals surface area contributed by atoms with Crippen molar-refractivity contribution in [1.29, 1.82) is 0 Å². The van der Waals surface area contributed by atoms with E-state index in [9.17, 15) is 15.3 Å². The summed E-state index contributed by atoms with van der Waals surface area (Å²) in [6, 6.07) is 0. The fraction of sp³-hybridized carbons (Fsp3) is 1.00. The topological polar surface area (TPSA) is 122 Å². The zero-order chi connectivity index (χ0) is 11.4. The highest BCUT2D eigenvalue weighted by atomic mass is 16.6. The molecule has 7 heteroatoms. The first kappa shape index (κ1) is 12.8. The molecule has 0 unspecified atom stereocenters. The number of hydrogen-bond donors (Lipinski definition) is 6. The maximum absolute atomic E-state index is 9.48. The summed E-state index contributed by atoms with van der Waals surface area (Å²) < 4.78 is 4.88. The van der Waals surface area contributed by atoms with Crippen LogP contribution in [0.25, 0.3) is 0 Å². The van der Waals surface area contributed by atoms with Gasteiger partial charge < -0.3 is 35.6 Å². The van der Waals surface area contributed by atoms with Gasteiger partial charge in [0.1, 0.15) is 24.4 Å². The van der Waals surface area contributed by atoms with Gasteiger partial charge in [0.05, 0.1) is 6.61 Å². The Balaban J connectivity index is 2.43. The molecule has 0 radical (unpaired) electrons. The van der Waals surface area contributed by atoms with E-state index in [1.54, 1.807) is 0 Å². The summed E-state index contributed by atoms with van der Waals surface area (Å²) in [6.07, 6.45) is -6.53. The Kier molecular flexibility index (Phi) is 4.87. The third-order valence-electron chi connectivity index (χ3n) is 2.32. The van der Waals surface area contributed by atoms with Gasteiger partial charge >= 0.3 is 0 Å². The molecule has 7 nitrogen and oxygen atoms in total. The highest BCUT2D eigenvalue weighted by Gasteiger charge is 2.42. The highest BCUT2D eigenvalue weighted by molar-refractivity contribution is 4.89. The number of hydrogen-bond acceptors (Lipinski definition) is 7. The molecule has 5 atom stereocenters. The van der Waals surface area contributed by atoms with E-state index in [4.69, 9.17) is 14.9 Å². The monoisotopic (exact) mass is 223 g/mol. The average molecular weight is 223 g/mol. The lowest BCUT2D eigenvalue weighted by Gasteiger charge is -2.38. The first-order chi connectivity index (χ1) is 7.07. The van der Waals surface area contributed by atoms with Crippen LogP contribution in [0, 0.1) is 0 Å². The molecule has 0 spiro atoms. The summed E-state index contributed by atoms with van der Waals surface area (Å²) in [5, 5.41) is 48.4. The third kappa shape index (κ3) is 3.08. The molecule has 15 heavy (non-hydrogen) atoms. The van der Waals surface area contributed by atoms with Crippen LogP contribution < -0.4 is 5.32 Å². The van der Waals surface area contributed by atoms with Crippen LogP contribution >= 0.6 is 0 Å². The molecule has 1 fully saturated rings. The molecule has 1 rings (SSSR count).